The summed E-state index contributed by atoms with van der Waals surface area (Å²) in [4.78, 5) is 12.3. The summed E-state index contributed by atoms with van der Waals surface area (Å²) in [6.07, 6.45) is -1.78. The van der Waals surface area contributed by atoms with Crippen molar-refractivity contribution >= 4 is 6.09 Å². The average molecular weight is 218 g/mol. The van der Waals surface area contributed by atoms with Crippen LogP contribution < -0.4 is 5.32 Å². The molecule has 0 aromatic carbocycles. The fourth-order valence-electron chi connectivity index (χ4n) is 1.47. The summed E-state index contributed by atoms with van der Waals surface area (Å²) >= 11 is 0. The minimum Gasteiger partial charge on any atom is -0.465 e. The molecular formula is C10H22N2O3. The predicted molar refractivity (Wildman–Crippen MR) is 59.0 cm³/mol. The second-order valence-corrected chi connectivity index (χ2v) is 4.42. The van der Waals surface area contributed by atoms with Crippen molar-refractivity contribution in [1.82, 2.24) is 10.2 Å². The Balaban J connectivity index is 3.89. The molecule has 0 aromatic heterocycles. The molecule has 0 fully saturated rings. The molecule has 1 amide bonds. The highest BCUT2D eigenvalue weighted by atomic mass is 16.4. The molecule has 0 spiro atoms. The van der Waals surface area contributed by atoms with Gasteiger partial charge in [-0.05, 0) is 19.9 Å². The van der Waals surface area contributed by atoms with Crippen molar-refractivity contribution < 1.29 is 15.0 Å². The zero-order valence-electron chi connectivity index (χ0n) is 9.90. The average Bonchev–Trinajstić information content (AvgIpc) is 2.00. The number of carbonyl (C=O) groups is 1. The molecule has 90 valence electrons. The molecule has 0 aliphatic carbocycles. The molecule has 2 atom stereocenters. The van der Waals surface area contributed by atoms with Crippen LogP contribution in [-0.2, 0) is 0 Å². The number of carboxylic acid groups (broad SMARTS) is 1. The highest BCUT2D eigenvalue weighted by Crippen LogP contribution is 2.00. The number of aliphatic hydroxyl groups is 1. The minimum atomic E-state index is -1.10. The van der Waals surface area contributed by atoms with Gasteiger partial charge in [0.15, 0.2) is 0 Å². The van der Waals surface area contributed by atoms with Gasteiger partial charge in [0.25, 0.3) is 0 Å². The van der Waals surface area contributed by atoms with Crippen LogP contribution in [0, 0.1) is 5.92 Å². The van der Waals surface area contributed by atoms with E-state index >= 15 is 0 Å². The Kier molecular flexibility index (Phi) is 6.27. The lowest BCUT2D eigenvalue weighted by Gasteiger charge is -2.25. The first kappa shape index (κ1) is 14.2. The normalized spacial score (nSPS) is 15.4. The van der Waals surface area contributed by atoms with Crippen molar-refractivity contribution in [1.29, 1.82) is 0 Å². The summed E-state index contributed by atoms with van der Waals surface area (Å²) in [7, 11) is 1.91. The molecule has 0 aromatic rings. The molecule has 5 heteroatoms. The molecule has 0 aliphatic heterocycles. The van der Waals surface area contributed by atoms with Gasteiger partial charge in [0.2, 0.25) is 0 Å². The fourth-order valence-corrected chi connectivity index (χ4v) is 1.47. The molecule has 5 nitrogen and oxygen atoms in total. The maximum atomic E-state index is 10.3. The predicted octanol–water partition coefficient (Wildman–Crippen LogP) is 0.591. The highest BCUT2D eigenvalue weighted by molar-refractivity contribution is 5.64. The van der Waals surface area contributed by atoms with E-state index in [-0.39, 0.29) is 0 Å². The smallest absolute Gasteiger partial charge is 0.404 e. The van der Waals surface area contributed by atoms with Crippen LogP contribution in [0.1, 0.15) is 20.8 Å². The fraction of sp³-hybridized carbons (Fsp3) is 0.900. The largest absolute Gasteiger partial charge is 0.465 e. The van der Waals surface area contributed by atoms with Crippen molar-refractivity contribution in [3.63, 3.8) is 0 Å². The van der Waals surface area contributed by atoms with Gasteiger partial charge >= 0.3 is 6.09 Å². The van der Waals surface area contributed by atoms with E-state index < -0.39 is 18.2 Å². The quantitative estimate of drug-likeness (QED) is 0.610. The Bertz CT molecular complexity index is 197. The summed E-state index contributed by atoms with van der Waals surface area (Å²) in [6, 6.07) is -0.447. The van der Waals surface area contributed by atoms with E-state index in [4.69, 9.17) is 5.11 Å². The van der Waals surface area contributed by atoms with E-state index in [0.717, 1.165) is 6.54 Å². The standard InChI is InChI=1S/C10H22N2O3/c1-7(2)5-12(4)6-9(13)8(3)11-10(14)15/h7-9,11,13H,5-6H2,1-4H3,(H,14,15)/t8?,9-/m1/s1. The zero-order chi connectivity index (χ0) is 12.0. The van der Waals surface area contributed by atoms with E-state index in [1.807, 2.05) is 11.9 Å². The van der Waals surface area contributed by atoms with Crippen molar-refractivity contribution in [2.75, 3.05) is 20.1 Å². The minimum absolute atomic E-state index is 0.447. The lowest BCUT2D eigenvalue weighted by atomic mass is 10.1. The van der Waals surface area contributed by atoms with Crippen LogP contribution >= 0.6 is 0 Å². The van der Waals surface area contributed by atoms with E-state index in [1.54, 1.807) is 6.92 Å². The Hall–Kier alpha value is -0.810. The van der Waals surface area contributed by atoms with Gasteiger partial charge in [-0.1, -0.05) is 13.8 Å². The van der Waals surface area contributed by atoms with Crippen LogP contribution in [0.15, 0.2) is 0 Å². The van der Waals surface area contributed by atoms with Gasteiger partial charge in [-0.3, -0.25) is 0 Å². The number of likely N-dealkylation sites (N-methyl/N-ethyl adjacent to an activating group) is 1. The van der Waals surface area contributed by atoms with Crippen LogP contribution in [0.5, 0.6) is 0 Å². The first-order chi connectivity index (χ1) is 6.82. The Morgan fingerprint density at radius 3 is 2.27 bits per heavy atom. The Morgan fingerprint density at radius 1 is 1.33 bits per heavy atom. The molecule has 0 heterocycles. The molecule has 0 radical (unpaired) electrons. The third kappa shape index (κ3) is 7.16. The second-order valence-electron chi connectivity index (χ2n) is 4.42. The van der Waals surface area contributed by atoms with Gasteiger partial charge in [-0.15, -0.1) is 0 Å². The second kappa shape index (κ2) is 6.63. The molecule has 0 bridgehead atoms. The number of nitrogens with zero attached hydrogens (tertiary/aromatic N) is 1. The maximum absolute atomic E-state index is 10.3. The van der Waals surface area contributed by atoms with E-state index in [0.29, 0.717) is 12.5 Å². The number of hydrogen-bond acceptors (Lipinski definition) is 3. The van der Waals surface area contributed by atoms with Gasteiger partial charge < -0.3 is 20.4 Å². The molecule has 1 unspecified atom stereocenters. The molecule has 15 heavy (non-hydrogen) atoms. The Morgan fingerprint density at radius 2 is 1.87 bits per heavy atom. The van der Waals surface area contributed by atoms with Crippen LogP contribution in [0.2, 0.25) is 0 Å². The van der Waals surface area contributed by atoms with Crippen molar-refractivity contribution in [3.05, 3.63) is 0 Å². The zero-order valence-corrected chi connectivity index (χ0v) is 9.90. The summed E-state index contributed by atoms with van der Waals surface area (Å²) in [5.41, 5.74) is 0. The highest BCUT2D eigenvalue weighted by Gasteiger charge is 2.17. The topological polar surface area (TPSA) is 72.8 Å². The number of hydrogen-bond donors (Lipinski definition) is 3. The van der Waals surface area contributed by atoms with Crippen LogP contribution in [0.3, 0.4) is 0 Å². The maximum Gasteiger partial charge on any atom is 0.404 e. The van der Waals surface area contributed by atoms with E-state index in [9.17, 15) is 9.90 Å². The summed E-state index contributed by atoms with van der Waals surface area (Å²) in [6.45, 7) is 7.21. The summed E-state index contributed by atoms with van der Waals surface area (Å²) in [5.74, 6) is 0.532. The van der Waals surface area contributed by atoms with Gasteiger partial charge in [0, 0.05) is 13.1 Å². The molecule has 0 saturated carbocycles. The molecule has 3 N–H and O–H groups in total. The summed E-state index contributed by atoms with van der Waals surface area (Å²) < 4.78 is 0. The SMILES string of the molecule is CC(C)CN(C)C[C@@H](O)C(C)NC(=O)O. The van der Waals surface area contributed by atoms with Crippen molar-refractivity contribution in [2.45, 2.75) is 32.9 Å². The van der Waals surface area contributed by atoms with Gasteiger partial charge in [0.05, 0.1) is 12.1 Å². The lowest BCUT2D eigenvalue weighted by molar-refractivity contribution is 0.0884. The number of nitrogens with one attached hydrogen (secondary N) is 1. The number of aliphatic hydroxyl groups excluding tert-OH is 1. The van der Waals surface area contributed by atoms with Gasteiger partial charge in [0.1, 0.15) is 0 Å². The third-order valence-corrected chi connectivity index (χ3v) is 2.10. The van der Waals surface area contributed by atoms with Crippen LogP contribution in [0.4, 0.5) is 4.79 Å². The lowest BCUT2D eigenvalue weighted by Crippen LogP contribution is -2.46. The molecule has 0 rings (SSSR count). The number of rotatable bonds is 6. The first-order valence-electron chi connectivity index (χ1n) is 5.19. The van der Waals surface area contributed by atoms with E-state index in [1.165, 1.54) is 0 Å². The summed E-state index contributed by atoms with van der Waals surface area (Å²) in [5, 5.41) is 20.4. The molecule has 0 saturated heterocycles. The van der Waals surface area contributed by atoms with E-state index in [2.05, 4.69) is 19.2 Å². The van der Waals surface area contributed by atoms with Gasteiger partial charge in [-0.25, -0.2) is 4.79 Å². The first-order valence-corrected chi connectivity index (χ1v) is 5.19. The van der Waals surface area contributed by atoms with Crippen LogP contribution in [-0.4, -0.2) is 53.5 Å². The monoisotopic (exact) mass is 218 g/mol. The molecule has 0 aliphatic rings. The Labute approximate surface area is 91.1 Å². The van der Waals surface area contributed by atoms with Crippen molar-refractivity contribution in [2.24, 2.45) is 5.92 Å². The third-order valence-electron chi connectivity index (χ3n) is 2.10. The van der Waals surface area contributed by atoms with Crippen LogP contribution in [0.25, 0.3) is 0 Å². The number of amides is 1. The van der Waals surface area contributed by atoms with Gasteiger partial charge in [-0.2, -0.15) is 0 Å². The molecular weight excluding hydrogens is 196 g/mol. The van der Waals surface area contributed by atoms with Crippen molar-refractivity contribution in [3.8, 4) is 0 Å².